The number of Topliss-reactive ketones (excluding diaryl/α,β-unsaturated/α-hetero) is 1. The molecule has 1 aromatic carbocycles. The van der Waals surface area contributed by atoms with E-state index in [4.69, 9.17) is 0 Å². The van der Waals surface area contributed by atoms with Gasteiger partial charge in [-0.25, -0.2) is 23.1 Å². The number of benzene rings is 1. The third-order valence-electron chi connectivity index (χ3n) is 6.08. The van der Waals surface area contributed by atoms with Gasteiger partial charge in [-0.15, -0.1) is 5.10 Å². The average molecular weight is 464 g/mol. The molecule has 1 fully saturated rings. The summed E-state index contributed by atoms with van der Waals surface area (Å²) in [5, 5.41) is 8.62. The van der Waals surface area contributed by atoms with Crippen LogP contribution in [0, 0.1) is 23.7 Å². The molecule has 0 N–H and O–H groups in total. The SMILES string of the molecule is CN1C(=O)C(CC(=O)c2ncn(Cc3ccccc3)n2)CCn2nc(C#CC3CC3(F)F)cc21. The highest BCUT2D eigenvalue weighted by Crippen LogP contribution is 2.48. The molecule has 0 saturated heterocycles. The number of halogens is 2. The van der Waals surface area contributed by atoms with Crippen molar-refractivity contribution < 1.29 is 18.4 Å². The summed E-state index contributed by atoms with van der Waals surface area (Å²) in [6.45, 7) is 0.900. The first-order chi connectivity index (χ1) is 16.3. The van der Waals surface area contributed by atoms with Crippen molar-refractivity contribution in [3.8, 4) is 11.8 Å². The summed E-state index contributed by atoms with van der Waals surface area (Å²) in [7, 11) is 1.61. The molecule has 3 aromatic rings. The van der Waals surface area contributed by atoms with E-state index in [1.165, 1.54) is 11.2 Å². The topological polar surface area (TPSA) is 85.9 Å². The monoisotopic (exact) mass is 464 g/mol. The number of carbonyl (C=O) groups excluding carboxylic acids is 2. The Morgan fingerprint density at radius 3 is 2.74 bits per heavy atom. The fraction of sp³-hybridized carbons (Fsp3) is 0.375. The summed E-state index contributed by atoms with van der Waals surface area (Å²) in [6, 6.07) is 11.3. The van der Waals surface area contributed by atoms with Crippen LogP contribution in [-0.4, -0.2) is 49.2 Å². The van der Waals surface area contributed by atoms with E-state index < -0.39 is 17.8 Å². The maximum Gasteiger partial charge on any atom is 0.263 e. The van der Waals surface area contributed by atoms with Crippen LogP contribution in [0.5, 0.6) is 0 Å². The molecule has 0 spiro atoms. The number of rotatable bonds is 5. The first-order valence-electron chi connectivity index (χ1n) is 11.0. The van der Waals surface area contributed by atoms with E-state index >= 15 is 0 Å². The molecule has 1 amide bonds. The zero-order valence-electron chi connectivity index (χ0n) is 18.5. The lowest BCUT2D eigenvalue weighted by Gasteiger charge is -2.18. The van der Waals surface area contributed by atoms with Gasteiger partial charge in [0.1, 0.15) is 17.8 Å². The molecular formula is C24H22F2N6O2. The molecule has 10 heteroatoms. The average Bonchev–Trinajstić information content (AvgIpc) is 3.16. The predicted molar refractivity (Wildman–Crippen MR) is 118 cm³/mol. The van der Waals surface area contributed by atoms with Gasteiger partial charge < -0.3 is 0 Å². The number of fused-ring (bicyclic) bond motifs is 1. The minimum atomic E-state index is -2.71. The second-order valence-corrected chi connectivity index (χ2v) is 8.66. The summed E-state index contributed by atoms with van der Waals surface area (Å²) < 4.78 is 29.3. The number of ketones is 1. The number of hydrogen-bond acceptors (Lipinski definition) is 5. The van der Waals surface area contributed by atoms with Gasteiger partial charge in [0.2, 0.25) is 17.5 Å². The van der Waals surface area contributed by atoms with Crippen molar-refractivity contribution in [1.29, 1.82) is 0 Å². The van der Waals surface area contributed by atoms with Gasteiger partial charge in [0, 0.05) is 38.4 Å². The van der Waals surface area contributed by atoms with Crippen LogP contribution in [0.2, 0.25) is 0 Å². The Hall–Kier alpha value is -3.87. The Labute approximate surface area is 194 Å². The van der Waals surface area contributed by atoms with E-state index in [1.54, 1.807) is 22.5 Å². The zero-order chi connectivity index (χ0) is 23.9. The fourth-order valence-electron chi connectivity index (χ4n) is 4.00. The minimum absolute atomic E-state index is 0.00716. The molecule has 0 radical (unpaired) electrons. The van der Waals surface area contributed by atoms with Gasteiger partial charge in [-0.05, 0) is 17.9 Å². The second kappa shape index (κ2) is 8.48. The number of anilines is 1. The lowest BCUT2D eigenvalue weighted by molar-refractivity contribution is -0.122. The Morgan fingerprint density at radius 2 is 2.00 bits per heavy atom. The van der Waals surface area contributed by atoms with Crippen molar-refractivity contribution in [2.24, 2.45) is 11.8 Å². The maximum atomic E-state index is 13.0. The van der Waals surface area contributed by atoms with Crippen LogP contribution < -0.4 is 4.90 Å². The van der Waals surface area contributed by atoms with Crippen molar-refractivity contribution in [2.45, 2.75) is 38.3 Å². The van der Waals surface area contributed by atoms with E-state index in [-0.39, 0.29) is 30.4 Å². The van der Waals surface area contributed by atoms with Gasteiger partial charge in [0.25, 0.3) is 5.92 Å². The molecule has 2 aliphatic rings. The third-order valence-corrected chi connectivity index (χ3v) is 6.08. The van der Waals surface area contributed by atoms with Crippen LogP contribution in [-0.2, 0) is 17.9 Å². The van der Waals surface area contributed by atoms with E-state index in [0.29, 0.717) is 31.0 Å². The van der Waals surface area contributed by atoms with Crippen LogP contribution in [0.3, 0.4) is 0 Å². The second-order valence-electron chi connectivity index (χ2n) is 8.66. The number of nitrogens with zero attached hydrogens (tertiary/aromatic N) is 6. The summed E-state index contributed by atoms with van der Waals surface area (Å²) >= 11 is 0. The van der Waals surface area contributed by atoms with Crippen molar-refractivity contribution in [3.05, 3.63) is 59.8 Å². The predicted octanol–water partition coefficient (Wildman–Crippen LogP) is 2.79. The van der Waals surface area contributed by atoms with Gasteiger partial charge in [-0.1, -0.05) is 36.3 Å². The van der Waals surface area contributed by atoms with Crippen molar-refractivity contribution in [3.63, 3.8) is 0 Å². The van der Waals surface area contributed by atoms with Crippen LogP contribution >= 0.6 is 0 Å². The Kier molecular flexibility index (Phi) is 5.48. The lowest BCUT2D eigenvalue weighted by atomic mass is 9.97. The molecular weight excluding hydrogens is 442 g/mol. The molecule has 8 nitrogen and oxygen atoms in total. The Bertz CT molecular complexity index is 1300. The van der Waals surface area contributed by atoms with Gasteiger partial charge in [-0.2, -0.15) is 5.10 Å². The van der Waals surface area contributed by atoms with E-state index in [2.05, 4.69) is 27.0 Å². The summed E-state index contributed by atoms with van der Waals surface area (Å²) in [5.74, 6) is 1.16. The van der Waals surface area contributed by atoms with Gasteiger partial charge in [0.15, 0.2) is 0 Å². The molecule has 0 bridgehead atoms. The summed E-state index contributed by atoms with van der Waals surface area (Å²) in [5.41, 5.74) is 1.39. The first-order valence-corrected chi connectivity index (χ1v) is 11.0. The molecule has 3 heterocycles. The molecule has 5 rings (SSSR count). The molecule has 1 aliphatic carbocycles. The number of alkyl halides is 2. The fourth-order valence-corrected chi connectivity index (χ4v) is 4.00. The van der Waals surface area contributed by atoms with Crippen molar-refractivity contribution in [2.75, 3.05) is 11.9 Å². The van der Waals surface area contributed by atoms with Crippen molar-refractivity contribution >= 4 is 17.5 Å². The number of carbonyl (C=O) groups is 2. The van der Waals surface area contributed by atoms with Gasteiger partial charge in [0.05, 0.1) is 12.5 Å². The molecule has 2 unspecified atom stereocenters. The van der Waals surface area contributed by atoms with E-state index in [0.717, 1.165) is 5.56 Å². The number of hydrogen-bond donors (Lipinski definition) is 0. The summed E-state index contributed by atoms with van der Waals surface area (Å²) in [6.07, 6.45) is 1.69. The quantitative estimate of drug-likeness (QED) is 0.428. The molecule has 2 atom stereocenters. The van der Waals surface area contributed by atoms with Crippen molar-refractivity contribution in [1.82, 2.24) is 24.5 Å². The summed E-state index contributed by atoms with van der Waals surface area (Å²) in [4.78, 5) is 31.4. The lowest BCUT2D eigenvalue weighted by Crippen LogP contribution is -2.33. The Balaban J connectivity index is 1.24. The van der Waals surface area contributed by atoms with Gasteiger partial charge in [-0.3, -0.25) is 14.5 Å². The standard InChI is InChI=1S/C24H22F2N6O2/c1-30-21-12-19(8-7-18-13-24(18,25)26)28-32(21)10-9-17(23(30)34)11-20(33)22-27-15-31(29-22)14-16-5-3-2-4-6-16/h2-6,12,15,17-18H,9-11,13-14H2,1H3. The van der Waals surface area contributed by atoms with E-state index in [1.807, 2.05) is 30.3 Å². The first kappa shape index (κ1) is 21.9. The van der Waals surface area contributed by atoms with Crippen LogP contribution in [0.15, 0.2) is 42.7 Å². The maximum absolute atomic E-state index is 13.0. The third kappa shape index (κ3) is 4.46. The highest BCUT2D eigenvalue weighted by Gasteiger charge is 2.56. The number of aromatic nitrogens is 5. The molecule has 174 valence electrons. The number of aryl methyl sites for hydroxylation is 1. The zero-order valence-corrected chi connectivity index (χ0v) is 18.5. The highest BCUT2D eigenvalue weighted by molar-refractivity contribution is 6.00. The largest absolute Gasteiger partial charge is 0.300 e. The smallest absolute Gasteiger partial charge is 0.263 e. The van der Waals surface area contributed by atoms with Crippen LogP contribution in [0.25, 0.3) is 0 Å². The highest BCUT2D eigenvalue weighted by atomic mass is 19.3. The Morgan fingerprint density at radius 1 is 1.24 bits per heavy atom. The molecule has 34 heavy (non-hydrogen) atoms. The van der Waals surface area contributed by atoms with E-state index in [9.17, 15) is 18.4 Å². The van der Waals surface area contributed by atoms with Crippen LogP contribution in [0.1, 0.15) is 41.1 Å². The number of amides is 1. The minimum Gasteiger partial charge on any atom is -0.300 e. The molecule has 2 aromatic heterocycles. The normalized spacial score (nSPS) is 20.8. The van der Waals surface area contributed by atoms with Gasteiger partial charge >= 0.3 is 0 Å². The van der Waals surface area contributed by atoms with Crippen LogP contribution in [0.4, 0.5) is 14.6 Å². The molecule has 1 saturated carbocycles. The molecule has 1 aliphatic heterocycles.